The molecule has 0 saturated heterocycles. The summed E-state index contributed by atoms with van der Waals surface area (Å²) in [5.74, 6) is 0.675. The Bertz CT molecular complexity index is 382. The largest absolute Gasteiger partial charge is 0.474 e. The highest BCUT2D eigenvalue weighted by molar-refractivity contribution is 5.28. The summed E-state index contributed by atoms with van der Waals surface area (Å²) in [5, 5.41) is 0. The van der Waals surface area contributed by atoms with E-state index in [0.717, 1.165) is 31.2 Å². The molecule has 1 aliphatic carbocycles. The Labute approximate surface area is 108 Å². The van der Waals surface area contributed by atoms with E-state index in [1.54, 1.807) is 13.3 Å². The van der Waals surface area contributed by atoms with E-state index in [-0.39, 0.29) is 12.1 Å². The minimum absolute atomic E-state index is 0.0597. The molecule has 0 spiro atoms. The number of ether oxygens (including phenoxy) is 2. The van der Waals surface area contributed by atoms with Gasteiger partial charge in [0.05, 0.1) is 6.10 Å². The van der Waals surface area contributed by atoms with Gasteiger partial charge in [0, 0.05) is 31.3 Å². The van der Waals surface area contributed by atoms with Gasteiger partial charge in [-0.25, -0.2) is 4.98 Å². The number of hydrogen-bond donors (Lipinski definition) is 1. The van der Waals surface area contributed by atoms with E-state index < -0.39 is 0 Å². The summed E-state index contributed by atoms with van der Waals surface area (Å²) < 4.78 is 11.4. The van der Waals surface area contributed by atoms with Gasteiger partial charge in [-0.15, -0.1) is 0 Å². The summed E-state index contributed by atoms with van der Waals surface area (Å²) in [6.07, 6.45) is 6.52. The summed E-state index contributed by atoms with van der Waals surface area (Å²) in [7, 11) is 1.77. The van der Waals surface area contributed by atoms with Crippen LogP contribution in [0.15, 0.2) is 18.3 Å². The van der Waals surface area contributed by atoms with E-state index in [1.807, 2.05) is 19.1 Å². The summed E-state index contributed by atoms with van der Waals surface area (Å²) in [5.41, 5.74) is 6.90. The van der Waals surface area contributed by atoms with Crippen molar-refractivity contribution in [1.82, 2.24) is 4.98 Å². The molecule has 0 aliphatic heterocycles. The van der Waals surface area contributed by atoms with Crippen LogP contribution in [0.4, 0.5) is 0 Å². The van der Waals surface area contributed by atoms with Crippen molar-refractivity contribution >= 4 is 0 Å². The van der Waals surface area contributed by atoms with Gasteiger partial charge in [-0.05, 0) is 32.3 Å². The predicted molar refractivity (Wildman–Crippen MR) is 70.5 cm³/mol. The van der Waals surface area contributed by atoms with Crippen molar-refractivity contribution in [1.29, 1.82) is 0 Å². The Balaban J connectivity index is 2.04. The monoisotopic (exact) mass is 250 g/mol. The van der Waals surface area contributed by atoms with Crippen molar-refractivity contribution < 1.29 is 9.47 Å². The molecule has 2 unspecified atom stereocenters. The van der Waals surface area contributed by atoms with Crippen molar-refractivity contribution in [2.45, 2.75) is 50.9 Å². The molecule has 0 bridgehead atoms. The van der Waals surface area contributed by atoms with Crippen LogP contribution in [0, 0.1) is 0 Å². The standard InChI is InChI=1S/C14H22N2O2/c1-10(15)13-7-4-8-16-14(13)18-12-6-3-5-11(9-12)17-2/h4,7-8,10-12H,3,5-6,9,15H2,1-2H3/t10-,11?,12?/m1/s1. The second-order valence-corrected chi connectivity index (χ2v) is 4.95. The summed E-state index contributed by atoms with van der Waals surface area (Å²) in [6.45, 7) is 1.95. The van der Waals surface area contributed by atoms with Gasteiger partial charge in [0.2, 0.25) is 5.88 Å². The first-order valence-corrected chi connectivity index (χ1v) is 6.60. The summed E-state index contributed by atoms with van der Waals surface area (Å²) in [6, 6.07) is 3.81. The van der Waals surface area contributed by atoms with Crippen LogP contribution in [0.1, 0.15) is 44.2 Å². The number of pyridine rings is 1. The zero-order valence-electron chi connectivity index (χ0n) is 11.1. The van der Waals surface area contributed by atoms with Crippen LogP contribution in [0.3, 0.4) is 0 Å². The molecule has 4 nitrogen and oxygen atoms in total. The Morgan fingerprint density at radius 2 is 2.17 bits per heavy atom. The molecule has 1 fully saturated rings. The minimum atomic E-state index is -0.0597. The van der Waals surface area contributed by atoms with Crippen LogP contribution >= 0.6 is 0 Å². The highest BCUT2D eigenvalue weighted by Crippen LogP contribution is 2.27. The van der Waals surface area contributed by atoms with Crippen LogP contribution in [0.25, 0.3) is 0 Å². The molecule has 3 atom stereocenters. The topological polar surface area (TPSA) is 57.4 Å². The average Bonchev–Trinajstić information content (AvgIpc) is 2.39. The molecule has 1 saturated carbocycles. The third-order valence-electron chi connectivity index (χ3n) is 3.48. The first kappa shape index (κ1) is 13.3. The quantitative estimate of drug-likeness (QED) is 0.891. The number of nitrogens with two attached hydrogens (primary N) is 1. The van der Waals surface area contributed by atoms with E-state index in [9.17, 15) is 0 Å². The summed E-state index contributed by atoms with van der Waals surface area (Å²) >= 11 is 0. The van der Waals surface area contributed by atoms with E-state index in [4.69, 9.17) is 15.2 Å². The van der Waals surface area contributed by atoms with Gasteiger partial charge in [0.1, 0.15) is 6.10 Å². The molecule has 0 aromatic carbocycles. The number of methoxy groups -OCH3 is 1. The lowest BCUT2D eigenvalue weighted by atomic mass is 9.95. The van der Waals surface area contributed by atoms with Crippen molar-refractivity contribution in [3.05, 3.63) is 23.9 Å². The molecule has 1 aromatic heterocycles. The van der Waals surface area contributed by atoms with E-state index >= 15 is 0 Å². The lowest BCUT2D eigenvalue weighted by molar-refractivity contribution is 0.0191. The van der Waals surface area contributed by atoms with Gasteiger partial charge in [0.15, 0.2) is 0 Å². The Morgan fingerprint density at radius 1 is 1.39 bits per heavy atom. The van der Waals surface area contributed by atoms with Gasteiger partial charge < -0.3 is 15.2 Å². The first-order valence-electron chi connectivity index (χ1n) is 6.60. The SMILES string of the molecule is COC1CCCC(Oc2ncccc2[C@@H](C)N)C1. The normalized spacial score (nSPS) is 25.7. The fourth-order valence-corrected chi connectivity index (χ4v) is 2.43. The third kappa shape index (κ3) is 3.21. The molecule has 0 amide bonds. The number of nitrogens with zero attached hydrogens (tertiary/aromatic N) is 1. The third-order valence-corrected chi connectivity index (χ3v) is 3.48. The zero-order chi connectivity index (χ0) is 13.0. The predicted octanol–water partition coefficient (Wildman–Crippen LogP) is 2.44. The smallest absolute Gasteiger partial charge is 0.218 e. The zero-order valence-corrected chi connectivity index (χ0v) is 11.1. The lowest BCUT2D eigenvalue weighted by Crippen LogP contribution is -2.30. The molecule has 1 aliphatic rings. The Morgan fingerprint density at radius 3 is 2.89 bits per heavy atom. The number of aromatic nitrogens is 1. The van der Waals surface area contributed by atoms with E-state index in [1.165, 1.54) is 0 Å². The highest BCUT2D eigenvalue weighted by Gasteiger charge is 2.24. The van der Waals surface area contributed by atoms with Gasteiger partial charge in [-0.3, -0.25) is 0 Å². The van der Waals surface area contributed by atoms with Crippen LogP contribution in [-0.4, -0.2) is 24.3 Å². The number of hydrogen-bond acceptors (Lipinski definition) is 4. The van der Waals surface area contributed by atoms with Crippen molar-refractivity contribution in [3.63, 3.8) is 0 Å². The van der Waals surface area contributed by atoms with E-state index in [2.05, 4.69) is 4.98 Å². The van der Waals surface area contributed by atoms with Gasteiger partial charge in [0.25, 0.3) is 0 Å². The maximum atomic E-state index is 6.01. The first-order chi connectivity index (χ1) is 8.70. The van der Waals surface area contributed by atoms with Gasteiger partial charge in [-0.2, -0.15) is 0 Å². The number of rotatable bonds is 4. The maximum absolute atomic E-state index is 6.01. The maximum Gasteiger partial charge on any atom is 0.218 e. The fourth-order valence-electron chi connectivity index (χ4n) is 2.43. The van der Waals surface area contributed by atoms with Gasteiger partial charge in [-0.1, -0.05) is 6.07 Å². The fraction of sp³-hybridized carbons (Fsp3) is 0.643. The van der Waals surface area contributed by atoms with Crippen LogP contribution < -0.4 is 10.5 Å². The van der Waals surface area contributed by atoms with Crippen molar-refractivity contribution in [3.8, 4) is 5.88 Å². The molecule has 0 radical (unpaired) electrons. The van der Waals surface area contributed by atoms with Gasteiger partial charge >= 0.3 is 0 Å². The molecule has 4 heteroatoms. The molecule has 1 aromatic rings. The Kier molecular flexibility index (Phi) is 4.55. The second-order valence-electron chi connectivity index (χ2n) is 4.95. The second kappa shape index (κ2) is 6.16. The van der Waals surface area contributed by atoms with Crippen molar-refractivity contribution in [2.24, 2.45) is 5.73 Å². The average molecular weight is 250 g/mol. The van der Waals surface area contributed by atoms with Crippen LogP contribution in [-0.2, 0) is 4.74 Å². The molecule has 100 valence electrons. The van der Waals surface area contributed by atoms with E-state index in [0.29, 0.717) is 12.0 Å². The molecule has 18 heavy (non-hydrogen) atoms. The molecular formula is C14H22N2O2. The molecule has 2 N–H and O–H groups in total. The van der Waals surface area contributed by atoms with Crippen LogP contribution in [0.2, 0.25) is 0 Å². The molecular weight excluding hydrogens is 228 g/mol. The Hall–Kier alpha value is -1.13. The molecule has 2 rings (SSSR count). The highest BCUT2D eigenvalue weighted by atomic mass is 16.5. The lowest BCUT2D eigenvalue weighted by Gasteiger charge is -2.29. The molecule has 1 heterocycles. The summed E-state index contributed by atoms with van der Waals surface area (Å²) in [4.78, 5) is 4.30. The minimum Gasteiger partial charge on any atom is -0.474 e. The van der Waals surface area contributed by atoms with Crippen LogP contribution in [0.5, 0.6) is 5.88 Å². The van der Waals surface area contributed by atoms with Crippen molar-refractivity contribution in [2.75, 3.05) is 7.11 Å².